The van der Waals surface area contributed by atoms with E-state index in [0.29, 0.717) is 29.6 Å². The molecule has 0 aliphatic heterocycles. The van der Waals surface area contributed by atoms with Crippen molar-refractivity contribution in [1.82, 2.24) is 19.9 Å². The van der Waals surface area contributed by atoms with Crippen molar-refractivity contribution in [2.45, 2.75) is 37.8 Å². The number of hydrogen-bond acceptors (Lipinski definition) is 6. The van der Waals surface area contributed by atoms with Crippen molar-refractivity contribution in [1.29, 1.82) is 0 Å². The van der Waals surface area contributed by atoms with Crippen molar-refractivity contribution >= 4 is 21.1 Å². The molecule has 1 atom stereocenters. The number of hydrogen-bond donors (Lipinski definition) is 3. The van der Waals surface area contributed by atoms with Crippen molar-refractivity contribution < 1.29 is 18.3 Å². The highest BCUT2D eigenvalue weighted by atomic mass is 32.2. The Balaban J connectivity index is 1.92. The van der Waals surface area contributed by atoms with E-state index in [2.05, 4.69) is 19.9 Å². The number of nitrogens with zero attached hydrogens (tertiary/aromatic N) is 2. The Kier molecular flexibility index (Phi) is 7.14. The second-order valence-electron chi connectivity index (χ2n) is 5.87. The summed E-state index contributed by atoms with van der Waals surface area (Å²) in [5, 5.41) is 16.7. The van der Waals surface area contributed by atoms with Crippen LogP contribution >= 0.6 is 0 Å². The predicted molar refractivity (Wildman–Crippen MR) is 104 cm³/mol. The third-order valence-corrected chi connectivity index (χ3v) is 5.34. The lowest BCUT2D eigenvalue weighted by atomic mass is 10.2. The number of aliphatic hydroxyl groups is 1. The second kappa shape index (κ2) is 9.33. The highest BCUT2D eigenvalue weighted by molar-refractivity contribution is 7.89. The SMILES string of the molecule is C\C=C(OC)/C(O)=C\C=C\CC[C@@H](C)NS(=O)(=O)c1n[nH]c2ncccc12. The zero-order valence-electron chi connectivity index (χ0n) is 15.5. The molecule has 146 valence electrons. The largest absolute Gasteiger partial charge is 0.504 e. The van der Waals surface area contributed by atoms with Crippen LogP contribution in [0.25, 0.3) is 11.0 Å². The molecule has 0 aromatic carbocycles. The number of aromatic nitrogens is 3. The first-order valence-corrected chi connectivity index (χ1v) is 9.95. The van der Waals surface area contributed by atoms with Crippen LogP contribution in [0.3, 0.4) is 0 Å². The summed E-state index contributed by atoms with van der Waals surface area (Å²) in [4.78, 5) is 4.05. The lowest BCUT2D eigenvalue weighted by molar-refractivity contribution is 0.255. The van der Waals surface area contributed by atoms with Gasteiger partial charge >= 0.3 is 0 Å². The average molecular weight is 392 g/mol. The standard InChI is InChI=1S/C18H24N4O4S/c1-4-16(26-3)15(23)11-7-5-6-9-13(2)22-27(24,25)18-14-10-8-12-19-17(14)20-21-18/h4-5,7-8,10-13,22-23H,6,9H2,1-3H3,(H,19,20,21)/b7-5+,15-11+,16-4+/t13-/m1/s1. The normalized spacial score (nSPS) is 14.8. The fraction of sp³-hybridized carbons (Fsp3) is 0.333. The first kappa shape index (κ1) is 20.7. The summed E-state index contributed by atoms with van der Waals surface area (Å²) in [6.07, 6.45) is 9.52. The maximum absolute atomic E-state index is 12.5. The molecule has 0 saturated heterocycles. The number of pyridine rings is 1. The molecule has 3 N–H and O–H groups in total. The van der Waals surface area contributed by atoms with Gasteiger partial charge in [0.25, 0.3) is 10.0 Å². The molecular weight excluding hydrogens is 368 g/mol. The van der Waals surface area contributed by atoms with Crippen LogP contribution in [0.1, 0.15) is 26.7 Å². The van der Waals surface area contributed by atoms with Gasteiger partial charge in [-0.3, -0.25) is 5.10 Å². The molecule has 0 unspecified atom stereocenters. The molecule has 0 amide bonds. The van der Waals surface area contributed by atoms with Gasteiger partial charge in [0.2, 0.25) is 5.03 Å². The first-order valence-electron chi connectivity index (χ1n) is 8.47. The summed E-state index contributed by atoms with van der Waals surface area (Å²) < 4.78 is 32.7. The summed E-state index contributed by atoms with van der Waals surface area (Å²) in [6.45, 7) is 3.55. The molecule has 2 heterocycles. The Morgan fingerprint density at radius 1 is 1.48 bits per heavy atom. The van der Waals surface area contributed by atoms with Gasteiger partial charge in [-0.15, -0.1) is 0 Å². The van der Waals surface area contributed by atoms with Crippen LogP contribution in [-0.4, -0.2) is 41.9 Å². The molecule has 0 fully saturated rings. The number of ether oxygens (including phenoxy) is 1. The Morgan fingerprint density at radius 2 is 2.26 bits per heavy atom. The molecule has 0 spiro atoms. The first-order chi connectivity index (χ1) is 12.9. The van der Waals surface area contributed by atoms with Gasteiger partial charge in [-0.05, 0) is 51.0 Å². The summed E-state index contributed by atoms with van der Waals surface area (Å²) in [7, 11) is -2.27. The van der Waals surface area contributed by atoms with Crippen LogP contribution in [0.15, 0.2) is 59.2 Å². The van der Waals surface area contributed by atoms with E-state index < -0.39 is 10.0 Å². The number of allylic oxidation sites excluding steroid dienone is 4. The van der Waals surface area contributed by atoms with Crippen molar-refractivity contribution in [3.8, 4) is 0 Å². The van der Waals surface area contributed by atoms with E-state index in [1.165, 1.54) is 13.2 Å². The minimum atomic E-state index is -3.75. The predicted octanol–water partition coefficient (Wildman–Crippen LogP) is 2.95. The van der Waals surface area contributed by atoms with Crippen molar-refractivity contribution in [3.63, 3.8) is 0 Å². The van der Waals surface area contributed by atoms with Crippen molar-refractivity contribution in [2.24, 2.45) is 0 Å². The molecule has 0 radical (unpaired) electrons. The van der Waals surface area contributed by atoms with Crippen LogP contribution in [-0.2, 0) is 14.8 Å². The van der Waals surface area contributed by atoms with Gasteiger partial charge in [0.05, 0.1) is 12.5 Å². The van der Waals surface area contributed by atoms with Crippen molar-refractivity contribution in [2.75, 3.05) is 7.11 Å². The Hall–Kier alpha value is -2.65. The van der Waals surface area contributed by atoms with Gasteiger partial charge < -0.3 is 9.84 Å². The van der Waals surface area contributed by atoms with Gasteiger partial charge in [-0.25, -0.2) is 18.1 Å². The molecule has 0 bridgehead atoms. The van der Waals surface area contributed by atoms with E-state index >= 15 is 0 Å². The van der Waals surface area contributed by atoms with E-state index in [4.69, 9.17) is 4.74 Å². The molecular formula is C18H24N4O4S. The smallest absolute Gasteiger partial charge is 0.260 e. The molecule has 9 heteroatoms. The Morgan fingerprint density at radius 3 is 2.96 bits per heavy atom. The molecule has 2 aromatic rings. The number of fused-ring (bicyclic) bond motifs is 1. The third kappa shape index (κ3) is 5.41. The van der Waals surface area contributed by atoms with E-state index in [0.717, 1.165) is 0 Å². The zero-order chi connectivity index (χ0) is 19.9. The number of nitrogens with one attached hydrogen (secondary N) is 2. The topological polar surface area (TPSA) is 117 Å². The van der Waals surface area contributed by atoms with Gasteiger partial charge in [-0.2, -0.15) is 5.10 Å². The molecule has 2 rings (SSSR count). The van der Waals surface area contributed by atoms with Crippen LogP contribution in [0.5, 0.6) is 0 Å². The number of aliphatic hydroxyl groups excluding tert-OH is 1. The van der Waals surface area contributed by atoms with Crippen LogP contribution in [0.2, 0.25) is 0 Å². The highest BCUT2D eigenvalue weighted by Crippen LogP contribution is 2.18. The number of sulfonamides is 1. The lowest BCUT2D eigenvalue weighted by Crippen LogP contribution is -2.32. The molecule has 27 heavy (non-hydrogen) atoms. The maximum atomic E-state index is 12.5. The summed E-state index contributed by atoms with van der Waals surface area (Å²) >= 11 is 0. The Labute approximate surface area is 158 Å². The molecule has 2 aromatic heterocycles. The monoisotopic (exact) mass is 392 g/mol. The fourth-order valence-electron chi connectivity index (χ4n) is 2.47. The zero-order valence-corrected chi connectivity index (χ0v) is 16.3. The van der Waals surface area contributed by atoms with Crippen LogP contribution in [0, 0.1) is 0 Å². The minimum absolute atomic E-state index is 0.0315. The second-order valence-corrected chi connectivity index (χ2v) is 7.49. The van der Waals surface area contributed by atoms with E-state index in [1.54, 1.807) is 44.3 Å². The van der Waals surface area contributed by atoms with Gasteiger partial charge in [0, 0.05) is 12.2 Å². The van der Waals surface area contributed by atoms with Gasteiger partial charge in [-0.1, -0.05) is 12.2 Å². The third-order valence-electron chi connectivity index (χ3n) is 3.80. The minimum Gasteiger partial charge on any atom is -0.504 e. The van der Waals surface area contributed by atoms with Gasteiger partial charge in [0.1, 0.15) is 0 Å². The number of rotatable bonds is 9. The van der Waals surface area contributed by atoms with Gasteiger partial charge in [0.15, 0.2) is 17.2 Å². The quantitative estimate of drug-likeness (QED) is 0.446. The Bertz CT molecular complexity index is 961. The molecule has 0 saturated carbocycles. The molecule has 8 nitrogen and oxygen atoms in total. The summed E-state index contributed by atoms with van der Waals surface area (Å²) in [6, 6.07) is 3.04. The van der Waals surface area contributed by atoms with Crippen molar-refractivity contribution in [3.05, 3.63) is 54.2 Å². The summed E-state index contributed by atoms with van der Waals surface area (Å²) in [5.41, 5.74) is 0.427. The maximum Gasteiger partial charge on any atom is 0.260 e. The lowest BCUT2D eigenvalue weighted by Gasteiger charge is -2.12. The van der Waals surface area contributed by atoms with E-state index in [9.17, 15) is 13.5 Å². The summed E-state index contributed by atoms with van der Waals surface area (Å²) in [5.74, 6) is 0.422. The molecule has 0 aliphatic carbocycles. The van der Waals surface area contributed by atoms with E-state index in [-0.39, 0.29) is 16.8 Å². The number of methoxy groups -OCH3 is 1. The van der Waals surface area contributed by atoms with Crippen LogP contribution in [0.4, 0.5) is 0 Å². The fourth-order valence-corrected chi connectivity index (χ4v) is 3.85. The number of aromatic amines is 1. The van der Waals surface area contributed by atoms with E-state index in [1.807, 2.05) is 6.08 Å². The number of H-pyrrole nitrogens is 1. The average Bonchev–Trinajstić information content (AvgIpc) is 3.07. The highest BCUT2D eigenvalue weighted by Gasteiger charge is 2.23. The van der Waals surface area contributed by atoms with Crippen LogP contribution < -0.4 is 4.72 Å². The molecule has 0 aliphatic rings.